The number of amides is 2. The van der Waals surface area contributed by atoms with Gasteiger partial charge in [0, 0.05) is 31.7 Å². The summed E-state index contributed by atoms with van der Waals surface area (Å²) >= 11 is 0. The van der Waals surface area contributed by atoms with Gasteiger partial charge in [-0.3, -0.25) is 9.59 Å². The molecule has 9 heteroatoms. The quantitative estimate of drug-likeness (QED) is 0.784. The third-order valence-corrected chi connectivity index (χ3v) is 7.69. The number of sulfonamides is 1. The van der Waals surface area contributed by atoms with Crippen LogP contribution in [0.1, 0.15) is 28.4 Å². The Morgan fingerprint density at radius 1 is 1.03 bits per heavy atom. The van der Waals surface area contributed by atoms with Crippen molar-refractivity contribution in [3.63, 3.8) is 0 Å². The van der Waals surface area contributed by atoms with E-state index in [9.17, 15) is 18.0 Å². The maximum atomic E-state index is 13.1. The predicted octanol–water partition coefficient (Wildman–Crippen LogP) is 2.17. The zero-order valence-corrected chi connectivity index (χ0v) is 18.5. The Balaban J connectivity index is 1.47. The molecule has 4 rings (SSSR count). The number of nitrogens with one attached hydrogen (secondary N) is 1. The first-order chi connectivity index (χ1) is 14.7. The Hall–Kier alpha value is -2.91. The summed E-state index contributed by atoms with van der Waals surface area (Å²) in [6.07, 6.45) is -0.627. The Labute approximate surface area is 181 Å². The van der Waals surface area contributed by atoms with Crippen LogP contribution >= 0.6 is 0 Å². The van der Waals surface area contributed by atoms with Gasteiger partial charge in [0.25, 0.3) is 11.8 Å². The molecule has 0 saturated carbocycles. The van der Waals surface area contributed by atoms with Crippen molar-refractivity contribution in [2.75, 3.05) is 31.5 Å². The number of benzene rings is 2. The lowest BCUT2D eigenvalue weighted by Gasteiger charge is -2.34. The third-order valence-electron chi connectivity index (χ3n) is 5.80. The van der Waals surface area contributed by atoms with E-state index in [0.717, 1.165) is 11.1 Å². The van der Waals surface area contributed by atoms with Crippen LogP contribution in [0.4, 0.5) is 5.69 Å². The molecule has 2 amide bonds. The minimum atomic E-state index is -3.76. The van der Waals surface area contributed by atoms with Gasteiger partial charge in [-0.05, 0) is 62.2 Å². The second kappa shape index (κ2) is 7.97. The minimum absolute atomic E-state index is 0.0821. The summed E-state index contributed by atoms with van der Waals surface area (Å²) in [7, 11) is -3.76. The van der Waals surface area contributed by atoms with Gasteiger partial charge in [0.05, 0.1) is 10.6 Å². The first kappa shape index (κ1) is 21.3. The van der Waals surface area contributed by atoms with E-state index in [1.807, 2.05) is 26.0 Å². The van der Waals surface area contributed by atoms with Crippen LogP contribution in [0.3, 0.4) is 0 Å². The van der Waals surface area contributed by atoms with Crippen LogP contribution in [0.2, 0.25) is 0 Å². The number of hydrogen-bond acceptors (Lipinski definition) is 5. The average molecular weight is 444 g/mol. The lowest BCUT2D eigenvalue weighted by molar-refractivity contribution is -0.122. The maximum Gasteiger partial charge on any atom is 0.265 e. The molecule has 0 aliphatic carbocycles. The van der Waals surface area contributed by atoms with E-state index in [1.165, 1.54) is 16.4 Å². The van der Waals surface area contributed by atoms with Gasteiger partial charge in [0.15, 0.2) is 6.10 Å². The highest BCUT2D eigenvalue weighted by Crippen LogP contribution is 2.33. The first-order valence-corrected chi connectivity index (χ1v) is 11.6. The second-order valence-electron chi connectivity index (χ2n) is 7.90. The van der Waals surface area contributed by atoms with Crippen molar-refractivity contribution < 1.29 is 22.7 Å². The standard InChI is InChI=1S/C22H25N3O5S/c1-14-4-5-17(12-15(14)2)22(27)24-8-10-25(11-9-24)31(28,29)18-6-7-20-19(13-18)23-21(26)16(3)30-20/h4-7,12-13,16H,8-11H2,1-3H3,(H,23,26)/t16-/m1/s1. The molecule has 2 aliphatic heterocycles. The van der Waals surface area contributed by atoms with Crippen molar-refractivity contribution in [2.45, 2.75) is 31.8 Å². The van der Waals surface area contributed by atoms with Crippen molar-refractivity contribution in [1.82, 2.24) is 9.21 Å². The Kier molecular flexibility index (Phi) is 5.49. The van der Waals surface area contributed by atoms with Crippen LogP contribution in [-0.2, 0) is 14.8 Å². The molecule has 2 aromatic rings. The van der Waals surface area contributed by atoms with Crippen LogP contribution in [0, 0.1) is 13.8 Å². The molecule has 8 nitrogen and oxygen atoms in total. The number of piperazine rings is 1. The average Bonchev–Trinajstić information content (AvgIpc) is 2.75. The fraction of sp³-hybridized carbons (Fsp3) is 0.364. The minimum Gasteiger partial charge on any atom is -0.479 e. The molecule has 0 bridgehead atoms. The highest BCUT2D eigenvalue weighted by atomic mass is 32.2. The van der Waals surface area contributed by atoms with E-state index < -0.39 is 16.1 Å². The monoisotopic (exact) mass is 443 g/mol. The van der Waals surface area contributed by atoms with Gasteiger partial charge >= 0.3 is 0 Å². The summed E-state index contributed by atoms with van der Waals surface area (Å²) in [4.78, 5) is 26.4. The number of hydrogen-bond donors (Lipinski definition) is 1. The van der Waals surface area contributed by atoms with Crippen molar-refractivity contribution in [2.24, 2.45) is 0 Å². The lowest BCUT2D eigenvalue weighted by atomic mass is 10.1. The van der Waals surface area contributed by atoms with Gasteiger partial charge in [0.2, 0.25) is 10.0 Å². The molecule has 0 radical (unpaired) electrons. The van der Waals surface area contributed by atoms with Crippen LogP contribution in [0.5, 0.6) is 5.75 Å². The highest BCUT2D eigenvalue weighted by molar-refractivity contribution is 7.89. The number of rotatable bonds is 3. The van der Waals surface area contributed by atoms with Crippen LogP contribution in [-0.4, -0.2) is 61.7 Å². The molecule has 0 unspecified atom stereocenters. The molecule has 2 aromatic carbocycles. The van der Waals surface area contributed by atoms with E-state index in [0.29, 0.717) is 30.1 Å². The molecule has 31 heavy (non-hydrogen) atoms. The Morgan fingerprint density at radius 2 is 1.74 bits per heavy atom. The van der Waals surface area contributed by atoms with E-state index in [1.54, 1.807) is 24.0 Å². The van der Waals surface area contributed by atoms with Crippen molar-refractivity contribution in [3.8, 4) is 5.75 Å². The molecular weight excluding hydrogens is 418 g/mol. The number of anilines is 1. The number of nitrogens with zero attached hydrogens (tertiary/aromatic N) is 2. The van der Waals surface area contributed by atoms with Crippen LogP contribution < -0.4 is 10.1 Å². The largest absolute Gasteiger partial charge is 0.479 e. The lowest BCUT2D eigenvalue weighted by Crippen LogP contribution is -2.50. The number of carbonyl (C=O) groups excluding carboxylic acids is 2. The van der Waals surface area contributed by atoms with Gasteiger partial charge in [-0.1, -0.05) is 6.07 Å². The van der Waals surface area contributed by atoms with Gasteiger partial charge in [0.1, 0.15) is 5.75 Å². The molecule has 2 heterocycles. The third kappa shape index (κ3) is 4.03. The fourth-order valence-corrected chi connectivity index (χ4v) is 5.13. The van der Waals surface area contributed by atoms with Gasteiger partial charge in [-0.15, -0.1) is 0 Å². The molecule has 2 aliphatic rings. The first-order valence-electron chi connectivity index (χ1n) is 10.1. The Bertz CT molecular complexity index is 1150. The molecule has 1 fully saturated rings. The van der Waals surface area contributed by atoms with E-state index in [4.69, 9.17) is 4.74 Å². The molecule has 0 spiro atoms. The van der Waals surface area contributed by atoms with Gasteiger partial charge < -0.3 is 15.0 Å². The van der Waals surface area contributed by atoms with Crippen molar-refractivity contribution in [3.05, 3.63) is 53.1 Å². The summed E-state index contributed by atoms with van der Waals surface area (Å²) in [6, 6.07) is 10.0. The highest BCUT2D eigenvalue weighted by Gasteiger charge is 2.32. The molecule has 164 valence electrons. The predicted molar refractivity (Wildman–Crippen MR) is 116 cm³/mol. The molecule has 1 atom stereocenters. The van der Waals surface area contributed by atoms with Crippen LogP contribution in [0.15, 0.2) is 41.3 Å². The van der Waals surface area contributed by atoms with Crippen molar-refractivity contribution >= 4 is 27.5 Å². The molecule has 1 saturated heterocycles. The number of aryl methyl sites for hydroxylation is 2. The van der Waals surface area contributed by atoms with Gasteiger partial charge in [-0.2, -0.15) is 4.31 Å². The zero-order chi connectivity index (χ0) is 22.3. The number of carbonyl (C=O) groups is 2. The zero-order valence-electron chi connectivity index (χ0n) is 17.7. The van der Waals surface area contributed by atoms with Gasteiger partial charge in [-0.25, -0.2) is 8.42 Å². The summed E-state index contributed by atoms with van der Waals surface area (Å²) in [6.45, 7) is 6.61. The van der Waals surface area contributed by atoms with E-state index in [-0.39, 0.29) is 29.8 Å². The number of fused-ring (bicyclic) bond motifs is 1. The normalized spacial score (nSPS) is 19.4. The SMILES string of the molecule is Cc1ccc(C(=O)N2CCN(S(=O)(=O)c3ccc4c(c3)NC(=O)[C@@H](C)O4)CC2)cc1C. The molecular formula is C22H25N3O5S. The summed E-state index contributed by atoms with van der Waals surface area (Å²) in [5.74, 6) is 0.0262. The molecule has 1 N–H and O–H groups in total. The fourth-order valence-electron chi connectivity index (χ4n) is 3.69. The summed E-state index contributed by atoms with van der Waals surface area (Å²) < 4.78 is 33.1. The molecule has 0 aromatic heterocycles. The van der Waals surface area contributed by atoms with E-state index in [2.05, 4.69) is 5.32 Å². The topological polar surface area (TPSA) is 96.0 Å². The smallest absolute Gasteiger partial charge is 0.265 e. The summed E-state index contributed by atoms with van der Waals surface area (Å²) in [5, 5.41) is 2.67. The second-order valence-corrected chi connectivity index (χ2v) is 9.84. The van der Waals surface area contributed by atoms with E-state index >= 15 is 0 Å². The number of ether oxygens (including phenoxy) is 1. The Morgan fingerprint density at radius 3 is 2.42 bits per heavy atom. The summed E-state index contributed by atoms with van der Waals surface area (Å²) in [5.41, 5.74) is 3.12. The van der Waals surface area contributed by atoms with Crippen molar-refractivity contribution in [1.29, 1.82) is 0 Å². The van der Waals surface area contributed by atoms with Crippen LogP contribution in [0.25, 0.3) is 0 Å². The maximum absolute atomic E-state index is 13.1.